The van der Waals surface area contributed by atoms with E-state index in [1.54, 1.807) is 0 Å². The number of rotatable bonds is 40. The van der Waals surface area contributed by atoms with Crippen molar-refractivity contribution in [1.29, 1.82) is 0 Å². The topological polar surface area (TPSA) is 72.8 Å². The lowest BCUT2D eigenvalue weighted by atomic mass is 10.1. The van der Waals surface area contributed by atoms with Gasteiger partial charge in [-0.3, -0.25) is 9.59 Å². The first-order chi connectivity index (χ1) is 27.6. The van der Waals surface area contributed by atoms with Gasteiger partial charge in [-0.1, -0.05) is 182 Å². The highest BCUT2D eigenvalue weighted by molar-refractivity contribution is 5.70. The smallest absolute Gasteiger partial charge is 0.306 e. The van der Waals surface area contributed by atoms with Crippen LogP contribution in [0.25, 0.3) is 0 Å². The van der Waals surface area contributed by atoms with Crippen molar-refractivity contribution in [2.75, 3.05) is 13.2 Å². The first-order valence-electron chi connectivity index (χ1n) is 22.8. The van der Waals surface area contributed by atoms with E-state index in [9.17, 15) is 14.7 Å². The molecule has 0 fully saturated rings. The van der Waals surface area contributed by atoms with Gasteiger partial charge in [0.25, 0.3) is 0 Å². The molecule has 0 aromatic carbocycles. The van der Waals surface area contributed by atoms with Crippen molar-refractivity contribution in [2.24, 2.45) is 0 Å². The number of hydrogen-bond acceptors (Lipinski definition) is 5. The SMILES string of the molecule is CC/C=C\C/C=C\C/C=C\C/C=C\C/C=C\C/C=C\C/C=C\CCCCCCCC(=O)OC(CO)COC(=O)CCCCCCC/C=C\CCCCCCCC. The number of aliphatic hydroxyl groups excluding tert-OH is 1. The summed E-state index contributed by atoms with van der Waals surface area (Å²) in [5.41, 5.74) is 0. The summed E-state index contributed by atoms with van der Waals surface area (Å²) in [4.78, 5) is 24.3. The van der Waals surface area contributed by atoms with Gasteiger partial charge >= 0.3 is 11.9 Å². The van der Waals surface area contributed by atoms with Crippen LogP contribution in [-0.4, -0.2) is 36.4 Å². The summed E-state index contributed by atoms with van der Waals surface area (Å²) in [6, 6.07) is 0. The van der Waals surface area contributed by atoms with E-state index in [1.807, 2.05) is 0 Å². The van der Waals surface area contributed by atoms with Crippen molar-refractivity contribution in [3.05, 3.63) is 97.2 Å². The molecule has 5 nitrogen and oxygen atoms in total. The molecule has 0 bridgehead atoms. The fraction of sp³-hybridized carbons (Fsp3) is 0.647. The van der Waals surface area contributed by atoms with Gasteiger partial charge in [0.1, 0.15) is 6.61 Å². The zero-order valence-electron chi connectivity index (χ0n) is 36.1. The van der Waals surface area contributed by atoms with E-state index in [0.717, 1.165) is 109 Å². The van der Waals surface area contributed by atoms with Gasteiger partial charge in [0.2, 0.25) is 0 Å². The van der Waals surface area contributed by atoms with Crippen LogP contribution in [0.5, 0.6) is 0 Å². The minimum atomic E-state index is -0.791. The Kier molecular flexibility index (Phi) is 43.6. The summed E-state index contributed by atoms with van der Waals surface area (Å²) in [6.45, 7) is 3.99. The normalized spacial score (nSPS) is 13.1. The third-order valence-electron chi connectivity index (χ3n) is 9.36. The lowest BCUT2D eigenvalue weighted by molar-refractivity contribution is -0.161. The van der Waals surface area contributed by atoms with Crippen LogP contribution in [0.15, 0.2) is 97.2 Å². The average Bonchev–Trinajstić information content (AvgIpc) is 3.20. The maximum atomic E-state index is 12.2. The number of carbonyl (C=O) groups excluding carboxylic acids is 2. The number of allylic oxidation sites excluding steroid dienone is 16. The molecule has 0 aliphatic carbocycles. The van der Waals surface area contributed by atoms with Crippen LogP contribution < -0.4 is 0 Å². The van der Waals surface area contributed by atoms with Crippen LogP contribution in [0.3, 0.4) is 0 Å². The second-order valence-corrected chi connectivity index (χ2v) is 14.7. The van der Waals surface area contributed by atoms with Crippen LogP contribution in [-0.2, 0) is 19.1 Å². The van der Waals surface area contributed by atoms with Gasteiger partial charge in [0.05, 0.1) is 6.61 Å². The molecule has 1 unspecified atom stereocenters. The van der Waals surface area contributed by atoms with Crippen LogP contribution in [0.2, 0.25) is 0 Å². The van der Waals surface area contributed by atoms with Crippen molar-refractivity contribution >= 4 is 11.9 Å². The molecule has 0 aliphatic heterocycles. The Morgan fingerprint density at radius 3 is 1.18 bits per heavy atom. The quantitative estimate of drug-likeness (QED) is 0.0381. The predicted octanol–water partition coefficient (Wildman–Crippen LogP) is 14.8. The summed E-state index contributed by atoms with van der Waals surface area (Å²) < 4.78 is 10.6. The van der Waals surface area contributed by atoms with Gasteiger partial charge in [-0.25, -0.2) is 0 Å². The maximum Gasteiger partial charge on any atom is 0.306 e. The molecule has 0 heterocycles. The minimum absolute atomic E-state index is 0.0836. The lowest BCUT2D eigenvalue weighted by Gasteiger charge is -2.15. The number of aliphatic hydroxyl groups is 1. The van der Waals surface area contributed by atoms with E-state index in [-0.39, 0.29) is 25.2 Å². The number of hydrogen-bond donors (Lipinski definition) is 1. The molecule has 0 aromatic rings. The van der Waals surface area contributed by atoms with Crippen LogP contribution >= 0.6 is 0 Å². The molecule has 0 rings (SSSR count). The summed E-state index contributed by atoms with van der Waals surface area (Å²) in [7, 11) is 0. The Hall–Kier alpha value is -3.18. The van der Waals surface area contributed by atoms with Crippen molar-refractivity contribution in [2.45, 2.75) is 200 Å². The van der Waals surface area contributed by atoms with E-state index in [2.05, 4.69) is 111 Å². The molecular weight excluding hydrogens is 693 g/mol. The van der Waals surface area contributed by atoms with Gasteiger partial charge in [0, 0.05) is 12.8 Å². The van der Waals surface area contributed by atoms with E-state index in [1.165, 1.54) is 57.8 Å². The van der Waals surface area contributed by atoms with Crippen LogP contribution in [0, 0.1) is 0 Å². The predicted molar refractivity (Wildman–Crippen MR) is 242 cm³/mol. The molecule has 0 spiro atoms. The van der Waals surface area contributed by atoms with E-state index in [4.69, 9.17) is 9.47 Å². The second-order valence-electron chi connectivity index (χ2n) is 14.7. The molecule has 0 saturated heterocycles. The highest BCUT2D eigenvalue weighted by Gasteiger charge is 2.16. The van der Waals surface area contributed by atoms with E-state index >= 15 is 0 Å². The Morgan fingerprint density at radius 2 is 0.768 bits per heavy atom. The first kappa shape index (κ1) is 52.8. The molecule has 1 N–H and O–H groups in total. The summed E-state index contributed by atoms with van der Waals surface area (Å²) in [5.74, 6) is -0.629. The first-order valence-corrected chi connectivity index (χ1v) is 22.8. The number of ether oxygens (including phenoxy) is 2. The van der Waals surface area contributed by atoms with Gasteiger partial charge < -0.3 is 14.6 Å². The number of esters is 2. The Bertz CT molecular complexity index is 1110. The third kappa shape index (κ3) is 43.5. The molecule has 56 heavy (non-hydrogen) atoms. The van der Waals surface area contributed by atoms with Crippen molar-refractivity contribution in [3.8, 4) is 0 Å². The average molecular weight is 777 g/mol. The Balaban J connectivity index is 3.65. The number of unbranched alkanes of at least 4 members (excludes halogenated alkanes) is 16. The maximum absolute atomic E-state index is 12.2. The summed E-state index contributed by atoms with van der Waals surface area (Å²) >= 11 is 0. The van der Waals surface area contributed by atoms with Crippen molar-refractivity contribution in [1.82, 2.24) is 0 Å². The fourth-order valence-corrected chi connectivity index (χ4v) is 5.94. The second kappa shape index (κ2) is 46.2. The highest BCUT2D eigenvalue weighted by Crippen LogP contribution is 2.12. The lowest BCUT2D eigenvalue weighted by Crippen LogP contribution is -2.28. The van der Waals surface area contributed by atoms with Crippen LogP contribution in [0.1, 0.15) is 194 Å². The van der Waals surface area contributed by atoms with E-state index < -0.39 is 6.10 Å². The highest BCUT2D eigenvalue weighted by atomic mass is 16.6. The minimum Gasteiger partial charge on any atom is -0.462 e. The van der Waals surface area contributed by atoms with E-state index in [0.29, 0.717) is 12.8 Å². The zero-order valence-corrected chi connectivity index (χ0v) is 36.1. The molecule has 0 aliphatic rings. The van der Waals surface area contributed by atoms with Gasteiger partial charge in [-0.15, -0.1) is 0 Å². The molecule has 1 atom stereocenters. The molecule has 0 saturated carbocycles. The Labute approximate surface area is 345 Å². The standard InChI is InChI=1S/C51H84O5/c1-3-5-7-9-11-13-15-17-19-20-21-22-23-24-25-26-27-28-29-30-32-34-36-38-40-42-44-46-51(54)56-49(47-52)48-55-50(53)45-43-41-39-37-35-33-31-18-16-14-12-10-8-6-4-2/h5,7,11,13,17-19,21-22,24-25,27-28,30-32,49,52H,3-4,6,8-10,12,14-16,20,23,26,29,33-48H2,1-2H3/b7-5-,13-11-,19-17-,22-21-,25-24-,28-27-,31-18-,32-30-. The fourth-order valence-electron chi connectivity index (χ4n) is 5.94. The summed E-state index contributed by atoms with van der Waals surface area (Å²) in [5, 5.41) is 9.59. The number of carbonyl (C=O) groups is 2. The zero-order chi connectivity index (χ0) is 40.7. The summed E-state index contributed by atoms with van der Waals surface area (Å²) in [6.07, 6.45) is 64.8. The monoisotopic (exact) mass is 777 g/mol. The molecule has 0 radical (unpaired) electrons. The molecule has 0 aromatic heterocycles. The molecule has 318 valence electrons. The van der Waals surface area contributed by atoms with Crippen LogP contribution in [0.4, 0.5) is 0 Å². The Morgan fingerprint density at radius 1 is 0.429 bits per heavy atom. The van der Waals surface area contributed by atoms with Crippen molar-refractivity contribution < 1.29 is 24.2 Å². The van der Waals surface area contributed by atoms with Crippen molar-refractivity contribution in [3.63, 3.8) is 0 Å². The third-order valence-corrected chi connectivity index (χ3v) is 9.36. The largest absolute Gasteiger partial charge is 0.462 e. The van der Waals surface area contributed by atoms with Gasteiger partial charge in [-0.05, 0) is 96.3 Å². The van der Waals surface area contributed by atoms with Gasteiger partial charge in [-0.2, -0.15) is 0 Å². The molecule has 5 heteroatoms. The molecule has 0 amide bonds. The molecular formula is C51H84O5. The van der Waals surface area contributed by atoms with Gasteiger partial charge in [0.15, 0.2) is 6.10 Å².